The van der Waals surface area contributed by atoms with Gasteiger partial charge in [0.25, 0.3) is 0 Å². The number of rotatable bonds is 6. The first-order valence-corrected chi connectivity index (χ1v) is 3.78. The van der Waals surface area contributed by atoms with Crippen LogP contribution in [0, 0.1) is 12.5 Å². The standard InChI is InChI=1S/C8H17O2/c1-4-5-9-7-10-6-8(2)3/h5,8H,4,6-7H2,1-3H3. The van der Waals surface area contributed by atoms with Crippen molar-refractivity contribution in [2.24, 2.45) is 5.92 Å². The zero-order valence-corrected chi connectivity index (χ0v) is 7.09. The van der Waals surface area contributed by atoms with Crippen molar-refractivity contribution in [2.75, 3.05) is 13.4 Å². The molecule has 0 aliphatic rings. The summed E-state index contributed by atoms with van der Waals surface area (Å²) in [7, 11) is 0. The summed E-state index contributed by atoms with van der Waals surface area (Å²) in [5, 5.41) is 0. The lowest BCUT2D eigenvalue weighted by molar-refractivity contribution is -0.0387. The van der Waals surface area contributed by atoms with Gasteiger partial charge in [0.15, 0.2) is 0 Å². The molecule has 0 bridgehead atoms. The van der Waals surface area contributed by atoms with Gasteiger partial charge in [-0.2, -0.15) is 0 Å². The third-order valence-electron chi connectivity index (χ3n) is 0.887. The molecule has 0 aromatic carbocycles. The minimum absolute atomic E-state index is 0.395. The summed E-state index contributed by atoms with van der Waals surface area (Å²) < 4.78 is 10.1. The fraction of sp³-hybridized carbons (Fsp3) is 0.875. The van der Waals surface area contributed by atoms with Gasteiger partial charge in [-0.1, -0.05) is 20.8 Å². The summed E-state index contributed by atoms with van der Waals surface area (Å²) in [6.07, 6.45) is 0.936. The van der Waals surface area contributed by atoms with Gasteiger partial charge in [-0.3, -0.25) is 0 Å². The van der Waals surface area contributed by atoms with Gasteiger partial charge in [-0.15, -0.1) is 0 Å². The van der Waals surface area contributed by atoms with E-state index in [1.807, 2.05) is 6.92 Å². The van der Waals surface area contributed by atoms with Gasteiger partial charge in [-0.05, 0) is 12.3 Å². The highest BCUT2D eigenvalue weighted by Crippen LogP contribution is 1.93. The summed E-state index contributed by atoms with van der Waals surface area (Å²) in [5.41, 5.74) is 0. The summed E-state index contributed by atoms with van der Waals surface area (Å²) in [6, 6.07) is 0. The van der Waals surface area contributed by atoms with Crippen LogP contribution in [0.3, 0.4) is 0 Å². The van der Waals surface area contributed by atoms with E-state index in [0.717, 1.165) is 13.0 Å². The van der Waals surface area contributed by atoms with Crippen LogP contribution in [-0.2, 0) is 9.47 Å². The highest BCUT2D eigenvalue weighted by molar-refractivity contribution is 4.41. The molecule has 0 heterocycles. The third-order valence-corrected chi connectivity index (χ3v) is 0.887. The lowest BCUT2D eigenvalue weighted by Crippen LogP contribution is -2.04. The molecule has 0 N–H and O–H groups in total. The summed E-state index contributed by atoms with van der Waals surface area (Å²) in [4.78, 5) is 0. The first-order valence-electron chi connectivity index (χ1n) is 3.78. The Balaban J connectivity index is 2.77. The van der Waals surface area contributed by atoms with Crippen LogP contribution in [0.15, 0.2) is 0 Å². The molecular formula is C8H17O2. The molecule has 61 valence electrons. The second-order valence-electron chi connectivity index (χ2n) is 2.62. The van der Waals surface area contributed by atoms with Crippen LogP contribution in [-0.4, -0.2) is 13.4 Å². The molecular weight excluding hydrogens is 128 g/mol. The normalized spacial score (nSPS) is 10.8. The van der Waals surface area contributed by atoms with Crippen molar-refractivity contribution in [2.45, 2.75) is 27.2 Å². The Kier molecular flexibility index (Phi) is 6.98. The molecule has 2 heteroatoms. The molecule has 0 saturated heterocycles. The molecule has 1 radical (unpaired) electrons. The van der Waals surface area contributed by atoms with Crippen LogP contribution in [0.1, 0.15) is 27.2 Å². The SMILES string of the molecule is CC[CH]OCOCC(C)C. The molecule has 0 atom stereocenters. The fourth-order valence-corrected chi connectivity index (χ4v) is 0.498. The Morgan fingerprint density at radius 2 is 2.10 bits per heavy atom. The van der Waals surface area contributed by atoms with Crippen LogP contribution in [0.4, 0.5) is 0 Å². The maximum atomic E-state index is 5.14. The van der Waals surface area contributed by atoms with E-state index < -0.39 is 0 Å². The minimum Gasteiger partial charge on any atom is -0.355 e. The van der Waals surface area contributed by atoms with Gasteiger partial charge in [-0.25, -0.2) is 0 Å². The van der Waals surface area contributed by atoms with Crippen molar-refractivity contribution in [1.82, 2.24) is 0 Å². The van der Waals surface area contributed by atoms with E-state index >= 15 is 0 Å². The van der Waals surface area contributed by atoms with Gasteiger partial charge < -0.3 is 9.47 Å². The maximum absolute atomic E-state index is 5.14. The second kappa shape index (κ2) is 7.03. The van der Waals surface area contributed by atoms with Gasteiger partial charge in [0.2, 0.25) is 0 Å². The molecule has 2 nitrogen and oxygen atoms in total. The van der Waals surface area contributed by atoms with Crippen LogP contribution in [0.5, 0.6) is 0 Å². The lowest BCUT2D eigenvalue weighted by Gasteiger charge is -2.05. The Hall–Kier alpha value is -0.0800. The van der Waals surface area contributed by atoms with Crippen LogP contribution >= 0.6 is 0 Å². The average molecular weight is 145 g/mol. The van der Waals surface area contributed by atoms with Gasteiger partial charge in [0, 0.05) is 0 Å². The van der Waals surface area contributed by atoms with E-state index in [-0.39, 0.29) is 0 Å². The maximum Gasteiger partial charge on any atom is 0.147 e. The van der Waals surface area contributed by atoms with Crippen molar-refractivity contribution in [3.8, 4) is 0 Å². The second-order valence-corrected chi connectivity index (χ2v) is 2.62. The average Bonchev–Trinajstić information content (AvgIpc) is 1.87. The molecule has 0 unspecified atom stereocenters. The first kappa shape index (κ1) is 9.92. The van der Waals surface area contributed by atoms with Gasteiger partial charge in [0.1, 0.15) is 6.79 Å². The predicted molar refractivity (Wildman–Crippen MR) is 41.3 cm³/mol. The first-order chi connectivity index (χ1) is 4.77. The van der Waals surface area contributed by atoms with Gasteiger partial charge in [0.05, 0.1) is 13.2 Å². The number of hydrogen-bond donors (Lipinski definition) is 0. The van der Waals surface area contributed by atoms with E-state index in [0.29, 0.717) is 12.7 Å². The zero-order valence-electron chi connectivity index (χ0n) is 7.09. The van der Waals surface area contributed by atoms with Gasteiger partial charge >= 0.3 is 0 Å². The molecule has 0 saturated carbocycles. The molecule has 0 aliphatic carbocycles. The van der Waals surface area contributed by atoms with E-state index in [1.54, 1.807) is 6.61 Å². The van der Waals surface area contributed by atoms with Crippen molar-refractivity contribution < 1.29 is 9.47 Å². The van der Waals surface area contributed by atoms with Crippen molar-refractivity contribution in [1.29, 1.82) is 0 Å². The third kappa shape index (κ3) is 7.92. The topological polar surface area (TPSA) is 18.5 Å². The monoisotopic (exact) mass is 145 g/mol. The smallest absolute Gasteiger partial charge is 0.147 e. The predicted octanol–water partition coefficient (Wildman–Crippen LogP) is 2.20. The Morgan fingerprint density at radius 1 is 1.40 bits per heavy atom. The highest BCUT2D eigenvalue weighted by Gasteiger charge is 1.92. The van der Waals surface area contributed by atoms with Crippen LogP contribution in [0.2, 0.25) is 0 Å². The van der Waals surface area contributed by atoms with Crippen LogP contribution in [0.25, 0.3) is 0 Å². The quantitative estimate of drug-likeness (QED) is 0.421. The zero-order chi connectivity index (χ0) is 7.82. The van der Waals surface area contributed by atoms with Crippen molar-refractivity contribution in [3.05, 3.63) is 6.61 Å². The number of hydrogen-bond acceptors (Lipinski definition) is 2. The van der Waals surface area contributed by atoms with Crippen molar-refractivity contribution >= 4 is 0 Å². The summed E-state index contributed by atoms with van der Waals surface area (Å²) >= 11 is 0. The molecule has 0 aromatic heterocycles. The molecule has 0 aliphatic heterocycles. The van der Waals surface area contributed by atoms with E-state index in [4.69, 9.17) is 9.47 Å². The summed E-state index contributed by atoms with van der Waals surface area (Å²) in [5.74, 6) is 0.588. The highest BCUT2D eigenvalue weighted by atomic mass is 16.7. The number of ether oxygens (including phenoxy) is 2. The molecule has 0 fully saturated rings. The molecule has 0 amide bonds. The Labute approximate surface area is 63.5 Å². The van der Waals surface area contributed by atoms with E-state index in [9.17, 15) is 0 Å². The lowest BCUT2D eigenvalue weighted by atomic mass is 10.2. The van der Waals surface area contributed by atoms with E-state index in [2.05, 4.69) is 13.8 Å². The largest absolute Gasteiger partial charge is 0.355 e. The molecule has 0 spiro atoms. The fourth-order valence-electron chi connectivity index (χ4n) is 0.498. The molecule has 0 rings (SSSR count). The van der Waals surface area contributed by atoms with Crippen molar-refractivity contribution in [3.63, 3.8) is 0 Å². The molecule has 0 aromatic rings. The minimum atomic E-state index is 0.395. The Morgan fingerprint density at radius 3 is 2.60 bits per heavy atom. The van der Waals surface area contributed by atoms with E-state index in [1.165, 1.54) is 0 Å². The summed E-state index contributed by atoms with van der Waals surface area (Å²) in [6.45, 7) is 9.18. The van der Waals surface area contributed by atoms with Crippen LogP contribution < -0.4 is 0 Å². The Bertz CT molecular complexity index is 62.3. The molecule has 10 heavy (non-hydrogen) atoms.